The number of primary amides is 1. The lowest BCUT2D eigenvalue weighted by Crippen LogP contribution is -2.35. The minimum atomic E-state index is -3.16. The number of nitrogens with zero attached hydrogens (tertiary/aromatic N) is 1. The molecule has 1 rings (SSSR count). The average molecular weight is 290 g/mol. The third-order valence-electron chi connectivity index (χ3n) is 3.86. The Labute approximate surface area is 116 Å². The van der Waals surface area contributed by atoms with Crippen LogP contribution in [-0.2, 0) is 14.6 Å². The van der Waals surface area contributed by atoms with Crippen molar-refractivity contribution >= 4 is 15.7 Å². The molecular weight excluding hydrogens is 264 g/mol. The van der Waals surface area contributed by atoms with Crippen LogP contribution < -0.4 is 5.73 Å². The summed E-state index contributed by atoms with van der Waals surface area (Å²) in [7, 11) is -1.16. The van der Waals surface area contributed by atoms with Crippen LogP contribution in [-0.4, -0.2) is 50.4 Å². The number of sulfone groups is 1. The minimum Gasteiger partial charge on any atom is -0.370 e. The highest BCUT2D eigenvalue weighted by molar-refractivity contribution is 7.91. The van der Waals surface area contributed by atoms with Gasteiger partial charge in [-0.15, -0.1) is 0 Å². The molecule has 5 nitrogen and oxygen atoms in total. The van der Waals surface area contributed by atoms with Crippen molar-refractivity contribution in [2.24, 2.45) is 5.73 Å². The molecule has 0 saturated heterocycles. The first-order valence-corrected chi connectivity index (χ1v) is 8.92. The molecule has 1 aliphatic carbocycles. The molecule has 1 saturated carbocycles. The molecule has 2 N–H and O–H groups in total. The second-order valence-corrected chi connectivity index (χ2v) is 7.80. The van der Waals surface area contributed by atoms with Crippen LogP contribution in [0.5, 0.6) is 0 Å². The van der Waals surface area contributed by atoms with Crippen molar-refractivity contribution in [3.8, 4) is 0 Å². The molecular formula is C13H26N2O3S. The Kier molecular flexibility index (Phi) is 6.79. The van der Waals surface area contributed by atoms with Gasteiger partial charge in [-0.1, -0.05) is 25.7 Å². The van der Waals surface area contributed by atoms with Gasteiger partial charge in [0.25, 0.3) is 0 Å². The highest BCUT2D eigenvalue weighted by Gasteiger charge is 2.19. The Hall–Kier alpha value is -0.620. The van der Waals surface area contributed by atoms with E-state index in [1.165, 1.54) is 25.7 Å². The zero-order chi connectivity index (χ0) is 14.3. The molecule has 0 heterocycles. The Balaban J connectivity index is 2.35. The molecule has 0 aromatic heterocycles. The van der Waals surface area contributed by atoms with Gasteiger partial charge in [0.2, 0.25) is 5.91 Å². The van der Waals surface area contributed by atoms with E-state index in [1.807, 2.05) is 7.05 Å². The molecule has 6 heteroatoms. The largest absolute Gasteiger partial charge is 0.370 e. The first-order valence-electron chi connectivity index (χ1n) is 7.10. The Morgan fingerprint density at radius 1 is 1.16 bits per heavy atom. The Bertz CT molecular complexity index is 373. The SMILES string of the molecule is CN(CCS(=O)(=O)CCC(N)=O)C1CCCCCC1. The number of nitrogens with two attached hydrogens (primary N) is 1. The fourth-order valence-electron chi connectivity index (χ4n) is 2.52. The Morgan fingerprint density at radius 2 is 1.74 bits per heavy atom. The van der Waals surface area contributed by atoms with E-state index in [1.54, 1.807) is 0 Å². The lowest BCUT2D eigenvalue weighted by atomic mass is 10.1. The predicted octanol–water partition coefficient (Wildman–Crippen LogP) is 0.931. The molecule has 0 aromatic rings. The normalized spacial score (nSPS) is 18.4. The highest BCUT2D eigenvalue weighted by atomic mass is 32.2. The second-order valence-electron chi connectivity index (χ2n) is 5.49. The van der Waals surface area contributed by atoms with Gasteiger partial charge in [-0.2, -0.15) is 0 Å². The smallest absolute Gasteiger partial charge is 0.218 e. The maximum Gasteiger partial charge on any atom is 0.218 e. The van der Waals surface area contributed by atoms with Crippen LogP contribution in [0.25, 0.3) is 0 Å². The van der Waals surface area contributed by atoms with Crippen molar-refractivity contribution in [2.75, 3.05) is 25.1 Å². The number of hydrogen-bond donors (Lipinski definition) is 1. The summed E-state index contributed by atoms with van der Waals surface area (Å²) in [6, 6.07) is 0.508. The fraction of sp³-hybridized carbons (Fsp3) is 0.923. The molecule has 1 fully saturated rings. The van der Waals surface area contributed by atoms with Crippen molar-refractivity contribution in [1.29, 1.82) is 0 Å². The van der Waals surface area contributed by atoms with Crippen molar-refractivity contribution in [3.63, 3.8) is 0 Å². The molecule has 1 amide bonds. The van der Waals surface area contributed by atoms with E-state index in [-0.39, 0.29) is 17.9 Å². The van der Waals surface area contributed by atoms with Gasteiger partial charge in [0.1, 0.15) is 0 Å². The van der Waals surface area contributed by atoms with Crippen LogP contribution in [0, 0.1) is 0 Å². The number of rotatable bonds is 7. The van der Waals surface area contributed by atoms with Gasteiger partial charge in [0.05, 0.1) is 11.5 Å². The lowest BCUT2D eigenvalue weighted by molar-refractivity contribution is -0.117. The standard InChI is InChI=1S/C13H26N2O3S/c1-15(12-6-4-2-3-5-7-12)9-11-19(17,18)10-8-13(14)16/h12H,2-11H2,1H3,(H2,14,16). The molecule has 0 radical (unpaired) electrons. The van der Waals surface area contributed by atoms with E-state index in [2.05, 4.69) is 4.90 Å². The highest BCUT2D eigenvalue weighted by Crippen LogP contribution is 2.20. The molecule has 0 unspecified atom stereocenters. The van der Waals surface area contributed by atoms with E-state index in [0.29, 0.717) is 12.6 Å². The molecule has 19 heavy (non-hydrogen) atoms. The monoisotopic (exact) mass is 290 g/mol. The topological polar surface area (TPSA) is 80.5 Å². The van der Waals surface area contributed by atoms with E-state index >= 15 is 0 Å². The quantitative estimate of drug-likeness (QED) is 0.707. The first-order chi connectivity index (χ1) is 8.91. The number of carbonyl (C=O) groups excluding carboxylic acids is 1. The maximum atomic E-state index is 11.8. The van der Waals surface area contributed by atoms with E-state index in [4.69, 9.17) is 5.73 Å². The van der Waals surface area contributed by atoms with Crippen molar-refractivity contribution in [3.05, 3.63) is 0 Å². The lowest BCUT2D eigenvalue weighted by Gasteiger charge is -2.26. The predicted molar refractivity (Wildman–Crippen MR) is 76.6 cm³/mol. The molecule has 0 aromatic carbocycles. The molecule has 0 atom stereocenters. The van der Waals surface area contributed by atoms with E-state index in [0.717, 1.165) is 12.8 Å². The van der Waals surface area contributed by atoms with Crippen molar-refractivity contribution < 1.29 is 13.2 Å². The summed E-state index contributed by atoms with van der Waals surface area (Å²) in [4.78, 5) is 12.8. The van der Waals surface area contributed by atoms with Crippen LogP contribution in [0.2, 0.25) is 0 Å². The molecule has 0 bridgehead atoms. The summed E-state index contributed by atoms with van der Waals surface area (Å²) < 4.78 is 23.5. The van der Waals surface area contributed by atoms with Crippen LogP contribution in [0.15, 0.2) is 0 Å². The second kappa shape index (κ2) is 7.85. The van der Waals surface area contributed by atoms with E-state index < -0.39 is 15.7 Å². The van der Waals surface area contributed by atoms with Gasteiger partial charge in [-0.05, 0) is 19.9 Å². The molecule has 1 aliphatic rings. The number of carbonyl (C=O) groups is 1. The van der Waals surface area contributed by atoms with Gasteiger partial charge in [0, 0.05) is 19.0 Å². The van der Waals surface area contributed by atoms with Gasteiger partial charge in [0.15, 0.2) is 9.84 Å². The van der Waals surface area contributed by atoms with Crippen LogP contribution in [0.4, 0.5) is 0 Å². The maximum absolute atomic E-state index is 11.8. The average Bonchev–Trinajstić information content (AvgIpc) is 2.62. The third kappa shape index (κ3) is 6.92. The van der Waals surface area contributed by atoms with Gasteiger partial charge < -0.3 is 10.6 Å². The summed E-state index contributed by atoms with van der Waals surface area (Å²) in [5.74, 6) is -0.561. The molecule has 0 aliphatic heterocycles. The third-order valence-corrected chi connectivity index (χ3v) is 5.49. The Morgan fingerprint density at radius 3 is 2.26 bits per heavy atom. The van der Waals surface area contributed by atoms with Crippen molar-refractivity contribution in [1.82, 2.24) is 4.90 Å². The molecule has 112 valence electrons. The summed E-state index contributed by atoms with van der Waals surface area (Å²) in [5, 5.41) is 0. The number of amides is 1. The van der Waals surface area contributed by atoms with Crippen molar-refractivity contribution in [2.45, 2.75) is 51.0 Å². The zero-order valence-corrected chi connectivity index (χ0v) is 12.6. The fourth-order valence-corrected chi connectivity index (χ4v) is 3.80. The minimum absolute atomic E-state index is 0.0739. The summed E-state index contributed by atoms with van der Waals surface area (Å²) >= 11 is 0. The zero-order valence-electron chi connectivity index (χ0n) is 11.8. The van der Waals surface area contributed by atoms with Gasteiger partial charge in [-0.25, -0.2) is 8.42 Å². The first kappa shape index (κ1) is 16.4. The molecule has 0 spiro atoms. The van der Waals surface area contributed by atoms with Crippen LogP contribution in [0.1, 0.15) is 44.9 Å². The summed E-state index contributed by atoms with van der Waals surface area (Å²) in [5.41, 5.74) is 4.98. The van der Waals surface area contributed by atoms with E-state index in [9.17, 15) is 13.2 Å². The van der Waals surface area contributed by atoms with Crippen LogP contribution in [0.3, 0.4) is 0 Å². The van der Waals surface area contributed by atoms with Gasteiger partial charge >= 0.3 is 0 Å². The van der Waals surface area contributed by atoms with Gasteiger partial charge in [-0.3, -0.25) is 4.79 Å². The number of hydrogen-bond acceptors (Lipinski definition) is 4. The summed E-state index contributed by atoms with van der Waals surface area (Å²) in [6.45, 7) is 0.547. The van der Waals surface area contributed by atoms with Crippen LogP contribution >= 0.6 is 0 Å². The summed E-state index contributed by atoms with van der Waals surface area (Å²) in [6.07, 6.45) is 7.32.